The molecule has 0 saturated carbocycles. The molecule has 2 N–H and O–H groups in total. The van der Waals surface area contributed by atoms with Crippen LogP contribution in [0.2, 0.25) is 0 Å². The molecule has 28 heavy (non-hydrogen) atoms. The highest BCUT2D eigenvalue weighted by molar-refractivity contribution is 5.92. The molecule has 1 aliphatic rings. The van der Waals surface area contributed by atoms with Crippen LogP contribution in [0.1, 0.15) is 5.69 Å². The second-order valence-electron chi connectivity index (χ2n) is 6.87. The number of aromatic nitrogens is 3. The largest absolute Gasteiger partial charge is 0.361 e. The number of nitrogens with zero attached hydrogens (tertiary/aromatic N) is 3. The number of halogens is 1. The van der Waals surface area contributed by atoms with Crippen molar-refractivity contribution in [2.24, 2.45) is 0 Å². The number of nitrogens with one attached hydrogen (secondary N) is 2. The molecule has 140 valence electrons. The van der Waals surface area contributed by atoms with E-state index in [0.29, 0.717) is 19.6 Å². The number of fused-ring (bicyclic) bond motifs is 2. The van der Waals surface area contributed by atoms with Gasteiger partial charge in [0.25, 0.3) is 0 Å². The molecule has 2 aromatic carbocycles. The van der Waals surface area contributed by atoms with Gasteiger partial charge in [-0.2, -0.15) is 5.10 Å². The summed E-state index contributed by atoms with van der Waals surface area (Å²) in [6.07, 6.45) is 3.65. The number of urea groups is 1. The number of benzene rings is 2. The molecule has 0 saturated heterocycles. The van der Waals surface area contributed by atoms with Crippen molar-refractivity contribution in [1.82, 2.24) is 19.7 Å². The molecular formula is C21H18FN5O. The number of hydrogen-bond acceptors (Lipinski definition) is 2. The van der Waals surface area contributed by atoms with E-state index in [2.05, 4.69) is 15.4 Å². The van der Waals surface area contributed by atoms with Gasteiger partial charge in [0.2, 0.25) is 0 Å². The van der Waals surface area contributed by atoms with Crippen LogP contribution in [0.4, 0.5) is 14.9 Å². The molecule has 2 amide bonds. The van der Waals surface area contributed by atoms with Crippen molar-refractivity contribution in [3.63, 3.8) is 0 Å². The first-order valence-electron chi connectivity index (χ1n) is 9.11. The van der Waals surface area contributed by atoms with Crippen molar-refractivity contribution in [3.8, 4) is 11.1 Å². The maximum Gasteiger partial charge on any atom is 0.322 e. The average molecular weight is 375 g/mol. The molecule has 0 spiro atoms. The van der Waals surface area contributed by atoms with E-state index in [1.54, 1.807) is 23.2 Å². The zero-order chi connectivity index (χ0) is 19.1. The third-order valence-electron chi connectivity index (χ3n) is 5.12. The van der Waals surface area contributed by atoms with E-state index in [1.807, 2.05) is 35.1 Å². The number of H-pyrrole nitrogens is 1. The van der Waals surface area contributed by atoms with Crippen molar-refractivity contribution in [1.29, 1.82) is 0 Å². The van der Waals surface area contributed by atoms with Crippen LogP contribution >= 0.6 is 0 Å². The Morgan fingerprint density at radius 3 is 2.82 bits per heavy atom. The fourth-order valence-electron chi connectivity index (χ4n) is 3.62. The van der Waals surface area contributed by atoms with E-state index in [4.69, 9.17) is 0 Å². The van der Waals surface area contributed by atoms with Crippen molar-refractivity contribution < 1.29 is 9.18 Å². The van der Waals surface area contributed by atoms with Gasteiger partial charge in [-0.15, -0.1) is 0 Å². The monoisotopic (exact) mass is 375 g/mol. The van der Waals surface area contributed by atoms with Crippen molar-refractivity contribution >= 4 is 22.6 Å². The zero-order valence-corrected chi connectivity index (χ0v) is 15.0. The number of rotatable bonds is 2. The van der Waals surface area contributed by atoms with Crippen LogP contribution in [0.25, 0.3) is 22.0 Å². The number of anilines is 1. The fourth-order valence-corrected chi connectivity index (χ4v) is 3.62. The van der Waals surface area contributed by atoms with Crippen LogP contribution in [0.3, 0.4) is 0 Å². The molecule has 1 aliphatic heterocycles. The quantitative estimate of drug-likeness (QED) is 0.551. The van der Waals surface area contributed by atoms with Gasteiger partial charge in [0.1, 0.15) is 5.82 Å². The van der Waals surface area contributed by atoms with Gasteiger partial charge in [-0.25, -0.2) is 9.18 Å². The molecule has 0 unspecified atom stereocenters. The molecule has 2 aromatic heterocycles. The molecule has 6 nitrogen and oxygen atoms in total. The summed E-state index contributed by atoms with van der Waals surface area (Å²) in [4.78, 5) is 17.7. The lowest BCUT2D eigenvalue weighted by atomic mass is 10.1. The molecule has 0 aliphatic carbocycles. The van der Waals surface area contributed by atoms with Crippen LogP contribution < -0.4 is 5.32 Å². The Labute approximate surface area is 160 Å². The Morgan fingerprint density at radius 2 is 1.96 bits per heavy atom. The maximum atomic E-state index is 13.2. The van der Waals surface area contributed by atoms with Gasteiger partial charge < -0.3 is 15.2 Å². The van der Waals surface area contributed by atoms with Crippen LogP contribution in [0.5, 0.6) is 0 Å². The van der Waals surface area contributed by atoms with E-state index in [1.165, 1.54) is 12.1 Å². The van der Waals surface area contributed by atoms with Gasteiger partial charge in [-0.05, 0) is 41.3 Å². The fraction of sp³-hybridized carbons (Fsp3) is 0.143. The van der Waals surface area contributed by atoms with E-state index in [-0.39, 0.29) is 11.8 Å². The summed E-state index contributed by atoms with van der Waals surface area (Å²) in [5.74, 6) is -0.273. The van der Waals surface area contributed by atoms with Crippen LogP contribution in [-0.2, 0) is 13.1 Å². The van der Waals surface area contributed by atoms with E-state index < -0.39 is 0 Å². The number of hydrogen-bond donors (Lipinski definition) is 2. The highest BCUT2D eigenvalue weighted by Gasteiger charge is 2.24. The second kappa shape index (κ2) is 6.53. The number of amides is 2. The van der Waals surface area contributed by atoms with E-state index >= 15 is 0 Å². The molecular weight excluding hydrogens is 357 g/mol. The molecule has 0 bridgehead atoms. The molecule has 0 atom stereocenters. The van der Waals surface area contributed by atoms with E-state index in [9.17, 15) is 9.18 Å². The van der Waals surface area contributed by atoms with Crippen LogP contribution in [-0.4, -0.2) is 32.2 Å². The lowest BCUT2D eigenvalue weighted by Gasteiger charge is -2.28. The SMILES string of the molecule is O=C(Nc1ccc2cc[nH]c2c1)N1CCn2ncc(-c3ccc(F)cc3)c2C1. The predicted octanol–water partition coefficient (Wildman–Crippen LogP) is 4.22. The Kier molecular flexibility index (Phi) is 3.86. The highest BCUT2D eigenvalue weighted by atomic mass is 19.1. The Balaban J connectivity index is 1.36. The van der Waals surface area contributed by atoms with Gasteiger partial charge in [-0.3, -0.25) is 4.68 Å². The van der Waals surface area contributed by atoms with Crippen LogP contribution in [0, 0.1) is 5.82 Å². The van der Waals surface area contributed by atoms with Gasteiger partial charge in [-0.1, -0.05) is 18.2 Å². The third-order valence-corrected chi connectivity index (χ3v) is 5.12. The number of carbonyl (C=O) groups is 1. The third kappa shape index (κ3) is 2.90. The average Bonchev–Trinajstić information content (AvgIpc) is 3.34. The van der Waals surface area contributed by atoms with Gasteiger partial charge in [0, 0.05) is 29.5 Å². The second-order valence-corrected chi connectivity index (χ2v) is 6.87. The Morgan fingerprint density at radius 1 is 1.11 bits per heavy atom. The Hall–Kier alpha value is -3.61. The minimum absolute atomic E-state index is 0.150. The van der Waals surface area contributed by atoms with Crippen molar-refractivity contribution in [2.45, 2.75) is 13.1 Å². The summed E-state index contributed by atoms with van der Waals surface area (Å²) in [6, 6.07) is 14.0. The highest BCUT2D eigenvalue weighted by Crippen LogP contribution is 2.27. The minimum atomic E-state index is -0.273. The lowest BCUT2D eigenvalue weighted by Crippen LogP contribution is -2.41. The first-order chi connectivity index (χ1) is 13.7. The predicted molar refractivity (Wildman–Crippen MR) is 105 cm³/mol. The number of aromatic amines is 1. The summed E-state index contributed by atoms with van der Waals surface area (Å²) in [5.41, 5.74) is 4.49. The van der Waals surface area contributed by atoms with Gasteiger partial charge in [0.05, 0.1) is 25.0 Å². The molecule has 0 radical (unpaired) electrons. The molecule has 0 fully saturated rings. The van der Waals surface area contributed by atoms with Crippen LogP contribution in [0.15, 0.2) is 60.9 Å². The lowest BCUT2D eigenvalue weighted by molar-refractivity contribution is 0.194. The molecule has 4 aromatic rings. The molecule has 5 rings (SSSR count). The van der Waals surface area contributed by atoms with E-state index in [0.717, 1.165) is 33.4 Å². The zero-order valence-electron chi connectivity index (χ0n) is 15.0. The van der Waals surface area contributed by atoms with Gasteiger partial charge >= 0.3 is 6.03 Å². The molecule has 7 heteroatoms. The Bertz CT molecular complexity index is 1160. The van der Waals surface area contributed by atoms with Crippen molar-refractivity contribution in [3.05, 3.63) is 72.4 Å². The summed E-state index contributed by atoms with van der Waals surface area (Å²) >= 11 is 0. The molecule has 3 heterocycles. The van der Waals surface area contributed by atoms with Crippen molar-refractivity contribution in [2.75, 3.05) is 11.9 Å². The summed E-state index contributed by atoms with van der Waals surface area (Å²) < 4.78 is 15.1. The number of carbonyl (C=O) groups excluding carboxylic acids is 1. The topological polar surface area (TPSA) is 66.0 Å². The summed E-state index contributed by atoms with van der Waals surface area (Å²) in [5, 5.41) is 8.49. The standard InChI is InChI=1S/C21H18FN5O/c22-16-4-1-14(2-5-16)18-12-24-27-10-9-26(13-20(18)27)21(28)25-17-6-3-15-7-8-23-19(15)11-17/h1-8,11-12,23H,9-10,13H2,(H,25,28). The minimum Gasteiger partial charge on any atom is -0.361 e. The smallest absolute Gasteiger partial charge is 0.322 e. The van der Waals surface area contributed by atoms with Gasteiger partial charge in [0.15, 0.2) is 0 Å². The normalized spacial score (nSPS) is 13.5. The first-order valence-corrected chi connectivity index (χ1v) is 9.11. The summed E-state index contributed by atoms with van der Waals surface area (Å²) in [7, 11) is 0. The summed E-state index contributed by atoms with van der Waals surface area (Å²) in [6.45, 7) is 1.65. The first kappa shape index (κ1) is 16.6. The maximum absolute atomic E-state index is 13.2.